The molecule has 17 heavy (non-hydrogen) atoms. The Kier molecular flexibility index (Phi) is 3.97. The highest BCUT2D eigenvalue weighted by Gasteiger charge is 2.03. The van der Waals surface area contributed by atoms with E-state index in [2.05, 4.69) is 54.9 Å². The SMILES string of the molecule is CNCc1csc(-c2ccc(C(C)C)cc2)c1. The molecule has 0 spiro atoms. The van der Waals surface area contributed by atoms with Gasteiger partial charge in [0.05, 0.1) is 0 Å². The van der Waals surface area contributed by atoms with Crippen LogP contribution in [0, 0.1) is 0 Å². The number of hydrogen-bond donors (Lipinski definition) is 1. The van der Waals surface area contributed by atoms with Gasteiger partial charge in [0.25, 0.3) is 0 Å². The molecule has 0 saturated carbocycles. The van der Waals surface area contributed by atoms with Crippen LogP contribution in [0.1, 0.15) is 30.9 Å². The fraction of sp³-hybridized carbons (Fsp3) is 0.333. The highest BCUT2D eigenvalue weighted by molar-refractivity contribution is 7.13. The van der Waals surface area contributed by atoms with Crippen molar-refractivity contribution in [3.05, 3.63) is 46.8 Å². The molecule has 0 aliphatic carbocycles. The van der Waals surface area contributed by atoms with Gasteiger partial charge in [0.2, 0.25) is 0 Å². The van der Waals surface area contributed by atoms with Crippen molar-refractivity contribution in [2.75, 3.05) is 7.05 Å². The standard InChI is InChI=1S/C15H19NS/c1-11(2)13-4-6-14(7-5-13)15-8-12(9-16-3)10-17-15/h4-8,10-11,16H,9H2,1-3H3. The highest BCUT2D eigenvalue weighted by atomic mass is 32.1. The first kappa shape index (κ1) is 12.3. The fourth-order valence-corrected chi connectivity index (χ4v) is 2.78. The first-order chi connectivity index (χ1) is 8.20. The van der Waals surface area contributed by atoms with E-state index in [1.165, 1.54) is 21.6 Å². The molecule has 90 valence electrons. The average molecular weight is 245 g/mol. The van der Waals surface area contributed by atoms with E-state index < -0.39 is 0 Å². The third-order valence-corrected chi connectivity index (χ3v) is 3.92. The molecule has 0 atom stereocenters. The summed E-state index contributed by atoms with van der Waals surface area (Å²) in [5.74, 6) is 0.604. The lowest BCUT2D eigenvalue weighted by Gasteiger charge is -2.05. The lowest BCUT2D eigenvalue weighted by Crippen LogP contribution is -2.03. The summed E-state index contributed by atoms with van der Waals surface area (Å²) in [6.45, 7) is 5.40. The van der Waals surface area contributed by atoms with Crippen molar-refractivity contribution in [3.8, 4) is 10.4 Å². The zero-order valence-electron chi connectivity index (χ0n) is 10.7. The van der Waals surface area contributed by atoms with Crippen LogP contribution in [0.25, 0.3) is 10.4 Å². The molecule has 2 heteroatoms. The molecule has 0 aliphatic rings. The third-order valence-electron chi connectivity index (χ3n) is 2.90. The van der Waals surface area contributed by atoms with Crippen molar-refractivity contribution in [1.29, 1.82) is 0 Å². The summed E-state index contributed by atoms with van der Waals surface area (Å²) in [4.78, 5) is 1.35. The van der Waals surface area contributed by atoms with Crippen LogP contribution in [0.15, 0.2) is 35.7 Å². The van der Waals surface area contributed by atoms with Crippen molar-refractivity contribution in [2.24, 2.45) is 0 Å². The molecule has 0 fully saturated rings. The maximum Gasteiger partial charge on any atom is 0.0346 e. The van der Waals surface area contributed by atoms with Gasteiger partial charge in [0, 0.05) is 11.4 Å². The highest BCUT2D eigenvalue weighted by Crippen LogP contribution is 2.28. The van der Waals surface area contributed by atoms with Crippen LogP contribution in [0.3, 0.4) is 0 Å². The Hall–Kier alpha value is -1.12. The van der Waals surface area contributed by atoms with Crippen LogP contribution in [0.2, 0.25) is 0 Å². The van der Waals surface area contributed by atoms with E-state index in [1.54, 1.807) is 0 Å². The topological polar surface area (TPSA) is 12.0 Å². The molecule has 0 aliphatic heterocycles. The average Bonchev–Trinajstić information content (AvgIpc) is 2.78. The molecule has 2 rings (SSSR count). The molecule has 0 saturated heterocycles. The van der Waals surface area contributed by atoms with Gasteiger partial charge in [-0.1, -0.05) is 38.1 Å². The molecule has 0 bridgehead atoms. The second kappa shape index (κ2) is 5.48. The predicted octanol–water partition coefficient (Wildman–Crippen LogP) is 4.26. The quantitative estimate of drug-likeness (QED) is 0.848. The maximum absolute atomic E-state index is 3.18. The smallest absolute Gasteiger partial charge is 0.0346 e. The molecule has 2 aromatic rings. The first-order valence-corrected chi connectivity index (χ1v) is 6.91. The van der Waals surface area contributed by atoms with Crippen LogP contribution >= 0.6 is 11.3 Å². The molecule has 0 radical (unpaired) electrons. The minimum absolute atomic E-state index is 0.604. The number of nitrogens with one attached hydrogen (secondary N) is 1. The Balaban J connectivity index is 2.21. The Bertz CT molecular complexity index is 468. The van der Waals surface area contributed by atoms with Gasteiger partial charge in [-0.15, -0.1) is 11.3 Å². The zero-order valence-corrected chi connectivity index (χ0v) is 11.5. The lowest BCUT2D eigenvalue weighted by atomic mass is 10.0. The van der Waals surface area contributed by atoms with E-state index in [0.29, 0.717) is 5.92 Å². The van der Waals surface area contributed by atoms with E-state index in [0.717, 1.165) is 6.54 Å². The zero-order chi connectivity index (χ0) is 12.3. The Labute approximate surface area is 108 Å². The minimum atomic E-state index is 0.604. The minimum Gasteiger partial charge on any atom is -0.316 e. The van der Waals surface area contributed by atoms with Gasteiger partial charge in [-0.25, -0.2) is 0 Å². The summed E-state index contributed by atoms with van der Waals surface area (Å²) in [6.07, 6.45) is 0. The predicted molar refractivity (Wildman–Crippen MR) is 76.6 cm³/mol. The normalized spacial score (nSPS) is 11.1. The Morgan fingerprint density at radius 2 is 1.88 bits per heavy atom. The maximum atomic E-state index is 3.18. The van der Waals surface area contributed by atoms with Crippen LogP contribution in [0.4, 0.5) is 0 Å². The van der Waals surface area contributed by atoms with Crippen molar-refractivity contribution in [3.63, 3.8) is 0 Å². The van der Waals surface area contributed by atoms with Gasteiger partial charge >= 0.3 is 0 Å². The van der Waals surface area contributed by atoms with Gasteiger partial charge in [0.1, 0.15) is 0 Å². The van der Waals surface area contributed by atoms with Crippen molar-refractivity contribution < 1.29 is 0 Å². The van der Waals surface area contributed by atoms with Gasteiger partial charge in [-0.2, -0.15) is 0 Å². The molecule has 1 nitrogen and oxygen atoms in total. The van der Waals surface area contributed by atoms with E-state index in [9.17, 15) is 0 Å². The number of hydrogen-bond acceptors (Lipinski definition) is 2. The van der Waals surface area contributed by atoms with Crippen LogP contribution in [-0.4, -0.2) is 7.05 Å². The molecule has 1 aromatic carbocycles. The van der Waals surface area contributed by atoms with E-state index in [-0.39, 0.29) is 0 Å². The second-order valence-corrected chi connectivity index (χ2v) is 5.54. The summed E-state index contributed by atoms with van der Waals surface area (Å²) in [5, 5.41) is 5.40. The number of thiophene rings is 1. The van der Waals surface area contributed by atoms with Gasteiger partial charge in [-0.05, 0) is 41.1 Å². The molecule has 0 amide bonds. The lowest BCUT2D eigenvalue weighted by molar-refractivity contribution is 0.821. The van der Waals surface area contributed by atoms with Crippen LogP contribution in [-0.2, 0) is 6.54 Å². The Morgan fingerprint density at radius 1 is 1.18 bits per heavy atom. The summed E-state index contributed by atoms with van der Waals surface area (Å²) >= 11 is 1.82. The fourth-order valence-electron chi connectivity index (χ4n) is 1.86. The summed E-state index contributed by atoms with van der Waals surface area (Å²) < 4.78 is 0. The molecular formula is C15H19NS. The monoisotopic (exact) mass is 245 g/mol. The van der Waals surface area contributed by atoms with Gasteiger partial charge in [0.15, 0.2) is 0 Å². The van der Waals surface area contributed by atoms with Crippen molar-refractivity contribution in [1.82, 2.24) is 5.32 Å². The van der Waals surface area contributed by atoms with E-state index in [4.69, 9.17) is 0 Å². The molecule has 0 unspecified atom stereocenters. The van der Waals surface area contributed by atoms with E-state index in [1.807, 2.05) is 18.4 Å². The van der Waals surface area contributed by atoms with Crippen molar-refractivity contribution >= 4 is 11.3 Å². The van der Waals surface area contributed by atoms with Gasteiger partial charge < -0.3 is 5.32 Å². The number of rotatable bonds is 4. The first-order valence-electron chi connectivity index (χ1n) is 6.03. The Morgan fingerprint density at radius 3 is 2.47 bits per heavy atom. The van der Waals surface area contributed by atoms with Crippen molar-refractivity contribution in [2.45, 2.75) is 26.3 Å². The van der Waals surface area contributed by atoms with Crippen LogP contribution in [0.5, 0.6) is 0 Å². The van der Waals surface area contributed by atoms with Crippen LogP contribution < -0.4 is 5.32 Å². The van der Waals surface area contributed by atoms with Gasteiger partial charge in [-0.3, -0.25) is 0 Å². The third kappa shape index (κ3) is 2.96. The summed E-state index contributed by atoms with van der Waals surface area (Å²) in [6, 6.07) is 11.2. The molecule has 1 heterocycles. The molecule has 1 N–H and O–H groups in total. The van der Waals surface area contributed by atoms with E-state index >= 15 is 0 Å². The molecule has 1 aromatic heterocycles. The summed E-state index contributed by atoms with van der Waals surface area (Å²) in [7, 11) is 1.98. The number of benzene rings is 1. The largest absolute Gasteiger partial charge is 0.316 e. The second-order valence-electron chi connectivity index (χ2n) is 4.63. The summed E-state index contributed by atoms with van der Waals surface area (Å²) in [5.41, 5.74) is 4.09. The molecular weight excluding hydrogens is 226 g/mol.